The summed E-state index contributed by atoms with van der Waals surface area (Å²) in [5.41, 5.74) is 1.20. The minimum absolute atomic E-state index is 0. The van der Waals surface area contributed by atoms with E-state index in [4.69, 9.17) is 4.74 Å². The molecule has 0 aliphatic heterocycles. The minimum atomic E-state index is -3.59. The third kappa shape index (κ3) is 6.92. The van der Waals surface area contributed by atoms with Gasteiger partial charge in [0.15, 0.2) is 5.13 Å². The first-order chi connectivity index (χ1) is 16.2. The van der Waals surface area contributed by atoms with Crippen LogP contribution in [0, 0.1) is 0 Å². The Bertz CT molecular complexity index is 1230. The third-order valence-corrected chi connectivity index (χ3v) is 8.38. The molecule has 0 fully saturated rings. The van der Waals surface area contributed by atoms with Gasteiger partial charge < -0.3 is 9.64 Å². The molecule has 0 spiro atoms. The molecule has 2 aromatic carbocycles. The molecule has 3 aromatic rings. The Balaban J connectivity index is 0.00000432. The van der Waals surface area contributed by atoms with Gasteiger partial charge in [-0.1, -0.05) is 24.7 Å². The number of carbonyl (C=O) groups is 1. The van der Waals surface area contributed by atoms with Crippen LogP contribution < -0.4 is 9.64 Å². The standard InChI is InChI=1S/C24H32N4O4S2.ClH/c1-6-7-14-27(4)34(30,31)20-11-8-18(9-12-20)23(29)28(16-15-26(2)3)24-25-21-13-10-19(32-5)17-22(21)33-24;/h8-13,17H,6-7,14-16H2,1-5H3;1H. The maximum Gasteiger partial charge on any atom is 0.260 e. The van der Waals surface area contributed by atoms with E-state index < -0.39 is 10.0 Å². The first-order valence-corrected chi connectivity index (χ1v) is 13.4. The molecule has 0 saturated heterocycles. The fourth-order valence-corrected chi connectivity index (χ4v) is 5.55. The van der Waals surface area contributed by atoms with E-state index in [1.165, 1.54) is 27.8 Å². The van der Waals surface area contributed by atoms with Crippen molar-refractivity contribution in [3.8, 4) is 5.75 Å². The van der Waals surface area contributed by atoms with Crippen LogP contribution in [0.15, 0.2) is 47.4 Å². The number of amides is 1. The SMILES string of the molecule is CCCCN(C)S(=O)(=O)c1ccc(C(=O)N(CCN(C)C)c2nc3ccc(OC)cc3s2)cc1.Cl. The van der Waals surface area contributed by atoms with Crippen LogP contribution in [0.5, 0.6) is 5.75 Å². The number of sulfonamides is 1. The summed E-state index contributed by atoms with van der Waals surface area (Å²) < 4.78 is 33.2. The number of anilines is 1. The second kappa shape index (κ2) is 12.6. The number of thiazole rings is 1. The van der Waals surface area contributed by atoms with Crippen molar-refractivity contribution in [1.29, 1.82) is 0 Å². The summed E-state index contributed by atoms with van der Waals surface area (Å²) in [7, 11) is 3.49. The summed E-state index contributed by atoms with van der Waals surface area (Å²) in [5, 5.41) is 0.589. The van der Waals surface area contributed by atoms with Gasteiger partial charge in [-0.25, -0.2) is 17.7 Å². The lowest BCUT2D eigenvalue weighted by Crippen LogP contribution is -2.36. The summed E-state index contributed by atoms with van der Waals surface area (Å²) in [6.07, 6.45) is 1.70. The number of fused-ring (bicyclic) bond motifs is 1. The highest BCUT2D eigenvalue weighted by Crippen LogP contribution is 2.32. The molecule has 1 aromatic heterocycles. The maximum absolute atomic E-state index is 13.5. The molecule has 192 valence electrons. The summed E-state index contributed by atoms with van der Waals surface area (Å²) in [6, 6.07) is 11.8. The second-order valence-corrected chi connectivity index (χ2v) is 11.3. The molecule has 0 bridgehead atoms. The van der Waals surface area contributed by atoms with Crippen molar-refractivity contribution < 1.29 is 17.9 Å². The number of carbonyl (C=O) groups excluding carboxylic acids is 1. The molecule has 1 amide bonds. The zero-order valence-electron chi connectivity index (χ0n) is 20.7. The van der Waals surface area contributed by atoms with Gasteiger partial charge in [0.1, 0.15) is 5.75 Å². The maximum atomic E-state index is 13.5. The summed E-state index contributed by atoms with van der Waals surface area (Å²) >= 11 is 1.42. The largest absolute Gasteiger partial charge is 0.497 e. The number of rotatable bonds is 11. The van der Waals surface area contributed by atoms with Crippen LogP contribution in [0.25, 0.3) is 10.2 Å². The van der Waals surface area contributed by atoms with Crippen LogP contribution in [-0.4, -0.2) is 76.4 Å². The first kappa shape index (κ1) is 29.0. The van der Waals surface area contributed by atoms with E-state index >= 15 is 0 Å². The van der Waals surface area contributed by atoms with Crippen molar-refractivity contribution in [2.75, 3.05) is 52.8 Å². The second-order valence-electron chi connectivity index (χ2n) is 8.29. The average Bonchev–Trinajstić information content (AvgIpc) is 3.25. The van der Waals surface area contributed by atoms with Crippen LogP contribution in [0.1, 0.15) is 30.1 Å². The molecule has 0 aliphatic rings. The number of methoxy groups -OCH3 is 1. The van der Waals surface area contributed by atoms with E-state index in [-0.39, 0.29) is 23.2 Å². The van der Waals surface area contributed by atoms with Gasteiger partial charge in [-0.3, -0.25) is 9.69 Å². The molecule has 0 N–H and O–H groups in total. The van der Waals surface area contributed by atoms with E-state index in [2.05, 4.69) is 4.98 Å². The van der Waals surface area contributed by atoms with Gasteiger partial charge in [0.25, 0.3) is 5.91 Å². The molecule has 0 radical (unpaired) electrons. The summed E-state index contributed by atoms with van der Waals surface area (Å²) in [6.45, 7) is 3.58. The smallest absolute Gasteiger partial charge is 0.260 e. The van der Waals surface area contributed by atoms with E-state index in [1.54, 1.807) is 31.2 Å². The van der Waals surface area contributed by atoms with Crippen molar-refractivity contribution in [1.82, 2.24) is 14.2 Å². The molecule has 8 nitrogen and oxygen atoms in total. The molecule has 11 heteroatoms. The van der Waals surface area contributed by atoms with Crippen LogP contribution in [0.3, 0.4) is 0 Å². The van der Waals surface area contributed by atoms with Crippen molar-refractivity contribution >= 4 is 55.0 Å². The fraction of sp³-hybridized carbons (Fsp3) is 0.417. The number of nitrogens with zero attached hydrogens (tertiary/aromatic N) is 4. The number of halogens is 1. The number of ether oxygens (including phenoxy) is 1. The van der Waals surface area contributed by atoms with Crippen LogP contribution in [0.2, 0.25) is 0 Å². The van der Waals surface area contributed by atoms with E-state index in [9.17, 15) is 13.2 Å². The van der Waals surface area contributed by atoms with Gasteiger partial charge in [-0.15, -0.1) is 12.4 Å². The molecule has 0 unspecified atom stereocenters. The Morgan fingerprint density at radius 2 is 1.71 bits per heavy atom. The Labute approximate surface area is 218 Å². The number of benzene rings is 2. The molecule has 35 heavy (non-hydrogen) atoms. The van der Waals surface area contributed by atoms with Crippen molar-refractivity contribution in [2.45, 2.75) is 24.7 Å². The fourth-order valence-electron chi connectivity index (χ4n) is 3.33. The van der Waals surface area contributed by atoms with Gasteiger partial charge in [-0.05, 0) is 63.0 Å². The highest BCUT2D eigenvalue weighted by atomic mass is 35.5. The highest BCUT2D eigenvalue weighted by Gasteiger charge is 2.24. The summed E-state index contributed by atoms with van der Waals surface area (Å²) in [4.78, 5) is 22.0. The van der Waals surface area contributed by atoms with E-state index in [1.807, 2.05) is 44.1 Å². The Kier molecular flexibility index (Phi) is 10.5. The molecule has 1 heterocycles. The molecular weight excluding hydrogens is 508 g/mol. The Hall–Kier alpha value is -2.24. The van der Waals surface area contributed by atoms with Crippen molar-refractivity contribution in [3.05, 3.63) is 48.0 Å². The molecule has 0 saturated carbocycles. The first-order valence-electron chi connectivity index (χ1n) is 11.1. The normalized spacial score (nSPS) is 11.6. The van der Waals surface area contributed by atoms with Crippen LogP contribution in [0.4, 0.5) is 5.13 Å². The number of hydrogen-bond donors (Lipinski definition) is 0. The van der Waals surface area contributed by atoms with Crippen LogP contribution >= 0.6 is 23.7 Å². The monoisotopic (exact) mass is 540 g/mol. The Morgan fingerprint density at radius 1 is 1.03 bits per heavy atom. The topological polar surface area (TPSA) is 83.1 Å². The van der Waals surface area contributed by atoms with E-state index in [0.29, 0.717) is 30.3 Å². The lowest BCUT2D eigenvalue weighted by molar-refractivity contribution is 0.0985. The van der Waals surface area contributed by atoms with Gasteiger partial charge >= 0.3 is 0 Å². The molecule has 0 atom stereocenters. The molecule has 0 aliphatic carbocycles. The van der Waals surface area contributed by atoms with Crippen molar-refractivity contribution in [3.63, 3.8) is 0 Å². The lowest BCUT2D eigenvalue weighted by Gasteiger charge is -2.22. The number of aromatic nitrogens is 1. The van der Waals surface area contributed by atoms with Gasteiger partial charge in [-0.2, -0.15) is 0 Å². The quantitative estimate of drug-likeness (QED) is 0.359. The van der Waals surface area contributed by atoms with Gasteiger partial charge in [0.05, 0.1) is 22.2 Å². The molecular formula is C24H33ClN4O4S2. The van der Waals surface area contributed by atoms with E-state index in [0.717, 1.165) is 28.8 Å². The average molecular weight is 541 g/mol. The number of unbranched alkanes of at least 4 members (excludes halogenated alkanes) is 1. The van der Waals surface area contributed by atoms with Gasteiger partial charge in [0, 0.05) is 32.2 Å². The number of likely N-dealkylation sites (N-methyl/N-ethyl adjacent to an activating group) is 1. The zero-order chi connectivity index (χ0) is 24.9. The highest BCUT2D eigenvalue weighted by molar-refractivity contribution is 7.89. The summed E-state index contributed by atoms with van der Waals surface area (Å²) in [5.74, 6) is 0.505. The zero-order valence-corrected chi connectivity index (χ0v) is 23.2. The third-order valence-electron chi connectivity index (χ3n) is 5.47. The number of hydrogen-bond acceptors (Lipinski definition) is 7. The minimum Gasteiger partial charge on any atom is -0.497 e. The molecule has 3 rings (SSSR count). The van der Waals surface area contributed by atoms with Crippen molar-refractivity contribution in [2.24, 2.45) is 0 Å². The predicted octanol–water partition coefficient (Wildman–Crippen LogP) is 4.36. The van der Waals surface area contributed by atoms with Gasteiger partial charge in [0.2, 0.25) is 10.0 Å². The Morgan fingerprint density at radius 3 is 2.31 bits per heavy atom. The predicted molar refractivity (Wildman–Crippen MR) is 145 cm³/mol. The van der Waals surface area contributed by atoms with Crippen LogP contribution in [-0.2, 0) is 10.0 Å². The lowest BCUT2D eigenvalue weighted by atomic mass is 10.2.